The summed E-state index contributed by atoms with van der Waals surface area (Å²) in [6.45, 7) is 0. The third kappa shape index (κ3) is 4.39. The lowest BCUT2D eigenvalue weighted by atomic mass is 10.1. The van der Waals surface area contributed by atoms with E-state index in [0.717, 1.165) is 11.3 Å². The summed E-state index contributed by atoms with van der Waals surface area (Å²) >= 11 is 1.22. The van der Waals surface area contributed by atoms with Crippen LogP contribution in [0.5, 0.6) is 5.75 Å². The van der Waals surface area contributed by atoms with Crippen molar-refractivity contribution >= 4 is 44.9 Å². The molecule has 2 heterocycles. The van der Waals surface area contributed by atoms with Gasteiger partial charge in [-0.05, 0) is 35.9 Å². The smallest absolute Gasteiger partial charge is 0.265 e. The second-order valence-corrected chi connectivity index (χ2v) is 7.66. The Morgan fingerprint density at radius 3 is 2.68 bits per heavy atom. The van der Waals surface area contributed by atoms with E-state index in [1.165, 1.54) is 11.3 Å². The summed E-state index contributed by atoms with van der Waals surface area (Å²) < 4.78 is 5.12. The van der Waals surface area contributed by atoms with E-state index in [-0.39, 0.29) is 18.2 Å². The number of aromatic nitrogens is 2. The molecule has 2 aromatic heterocycles. The number of methoxy groups -OCH3 is 1. The number of carbonyl (C=O) groups is 2. The Hall–Kier alpha value is -4.16. The van der Waals surface area contributed by atoms with Crippen LogP contribution in [0, 0.1) is 11.3 Å². The average molecular weight is 431 g/mol. The van der Waals surface area contributed by atoms with E-state index in [9.17, 15) is 14.9 Å². The molecule has 0 fully saturated rings. The molecule has 31 heavy (non-hydrogen) atoms. The van der Waals surface area contributed by atoms with E-state index in [4.69, 9.17) is 4.74 Å². The number of aromatic amines is 1. The van der Waals surface area contributed by atoms with Crippen molar-refractivity contribution in [2.75, 3.05) is 17.7 Å². The molecule has 0 unspecified atom stereocenters. The summed E-state index contributed by atoms with van der Waals surface area (Å²) in [6.07, 6.45) is 0.181. The van der Waals surface area contributed by atoms with Gasteiger partial charge in [-0.15, -0.1) is 11.3 Å². The molecule has 2 aromatic carbocycles. The number of fused-ring (bicyclic) bond motifs is 1. The van der Waals surface area contributed by atoms with Gasteiger partial charge in [0.2, 0.25) is 5.91 Å². The molecular formula is C22H17N5O3S. The predicted molar refractivity (Wildman–Crippen MR) is 118 cm³/mol. The van der Waals surface area contributed by atoms with Crippen LogP contribution >= 0.6 is 11.3 Å². The maximum absolute atomic E-state index is 12.6. The lowest BCUT2D eigenvalue weighted by Gasteiger charge is -2.05. The van der Waals surface area contributed by atoms with Crippen molar-refractivity contribution in [3.63, 3.8) is 0 Å². The summed E-state index contributed by atoms with van der Waals surface area (Å²) in [6, 6.07) is 17.7. The van der Waals surface area contributed by atoms with Crippen molar-refractivity contribution in [3.05, 3.63) is 70.6 Å². The second kappa shape index (κ2) is 8.69. The van der Waals surface area contributed by atoms with Crippen molar-refractivity contribution in [2.45, 2.75) is 6.42 Å². The quantitative estimate of drug-likeness (QED) is 0.427. The van der Waals surface area contributed by atoms with Crippen molar-refractivity contribution in [1.82, 2.24) is 10.2 Å². The van der Waals surface area contributed by atoms with Crippen LogP contribution in [0.3, 0.4) is 0 Å². The molecule has 0 atom stereocenters. The number of hydrogen-bond acceptors (Lipinski definition) is 6. The lowest BCUT2D eigenvalue weighted by molar-refractivity contribution is -0.115. The van der Waals surface area contributed by atoms with Gasteiger partial charge >= 0.3 is 0 Å². The average Bonchev–Trinajstić information content (AvgIpc) is 3.37. The molecule has 0 bridgehead atoms. The molecule has 0 aliphatic rings. The first-order chi connectivity index (χ1) is 15.1. The van der Waals surface area contributed by atoms with Gasteiger partial charge < -0.3 is 15.4 Å². The van der Waals surface area contributed by atoms with E-state index in [1.54, 1.807) is 49.6 Å². The fourth-order valence-corrected chi connectivity index (χ4v) is 3.90. The molecule has 0 aliphatic heterocycles. The normalized spacial score (nSPS) is 10.5. The fourth-order valence-electron chi connectivity index (χ4n) is 3.00. The van der Waals surface area contributed by atoms with Crippen LogP contribution in [0.2, 0.25) is 0 Å². The Kier molecular flexibility index (Phi) is 5.64. The summed E-state index contributed by atoms with van der Waals surface area (Å²) in [5.41, 5.74) is 1.66. The molecule has 3 N–H and O–H groups in total. The molecular weight excluding hydrogens is 414 g/mol. The number of nitrogens with one attached hydrogen (secondary N) is 3. The molecule has 4 aromatic rings. The summed E-state index contributed by atoms with van der Waals surface area (Å²) in [7, 11) is 1.59. The first-order valence-corrected chi connectivity index (χ1v) is 10.1. The van der Waals surface area contributed by atoms with E-state index in [0.29, 0.717) is 32.2 Å². The van der Waals surface area contributed by atoms with Gasteiger partial charge in [-0.3, -0.25) is 14.7 Å². The van der Waals surface area contributed by atoms with Crippen LogP contribution in [0.25, 0.3) is 10.2 Å². The van der Waals surface area contributed by atoms with Gasteiger partial charge in [0.15, 0.2) is 5.82 Å². The SMILES string of the molecule is COc1ccc(CC(=O)Nc2n[nH]c3sc(C(=O)Nc4ccccc4C#N)cc23)cc1. The Bertz CT molecular complexity index is 1300. The third-order valence-electron chi connectivity index (χ3n) is 4.56. The highest BCUT2D eigenvalue weighted by molar-refractivity contribution is 7.20. The molecule has 0 radical (unpaired) electrons. The van der Waals surface area contributed by atoms with Crippen LogP contribution < -0.4 is 15.4 Å². The van der Waals surface area contributed by atoms with Crippen LogP contribution in [0.4, 0.5) is 11.5 Å². The summed E-state index contributed by atoms with van der Waals surface area (Å²) in [5.74, 6) is 0.521. The standard InChI is InChI=1S/C22H17N5O3S/c1-30-15-8-6-13(7-9-15)10-19(28)25-20-16-11-18(31-22(16)27-26-20)21(29)24-17-5-3-2-4-14(17)12-23/h2-9,11H,10H2,1H3,(H,24,29)(H2,25,26,27,28). The number of thiophene rings is 1. The molecule has 0 spiro atoms. The van der Waals surface area contributed by atoms with Crippen molar-refractivity contribution < 1.29 is 14.3 Å². The first kappa shape index (κ1) is 20.1. The second-order valence-electron chi connectivity index (χ2n) is 6.61. The number of rotatable bonds is 6. The molecule has 0 aliphatic carbocycles. The molecule has 2 amide bonds. The monoisotopic (exact) mass is 431 g/mol. The molecule has 0 saturated heterocycles. The topological polar surface area (TPSA) is 120 Å². The highest BCUT2D eigenvalue weighted by atomic mass is 32.1. The minimum absolute atomic E-state index is 0.181. The van der Waals surface area contributed by atoms with E-state index in [2.05, 4.69) is 20.8 Å². The molecule has 154 valence electrons. The van der Waals surface area contributed by atoms with Crippen molar-refractivity contribution in [1.29, 1.82) is 5.26 Å². The number of ether oxygens (including phenoxy) is 1. The van der Waals surface area contributed by atoms with Gasteiger partial charge in [0, 0.05) is 0 Å². The van der Waals surface area contributed by atoms with Gasteiger partial charge in [-0.1, -0.05) is 24.3 Å². The number of hydrogen-bond donors (Lipinski definition) is 3. The van der Waals surface area contributed by atoms with Gasteiger partial charge in [-0.2, -0.15) is 10.4 Å². The van der Waals surface area contributed by atoms with Crippen LogP contribution in [0.1, 0.15) is 20.8 Å². The Labute approximate surface area is 181 Å². The van der Waals surface area contributed by atoms with Crippen molar-refractivity contribution in [2.24, 2.45) is 0 Å². The number of carbonyl (C=O) groups excluding carboxylic acids is 2. The first-order valence-electron chi connectivity index (χ1n) is 9.28. The van der Waals surface area contributed by atoms with Crippen molar-refractivity contribution in [3.8, 4) is 11.8 Å². The van der Waals surface area contributed by atoms with Gasteiger partial charge in [-0.25, -0.2) is 0 Å². The number of nitriles is 1. The third-order valence-corrected chi connectivity index (χ3v) is 5.60. The van der Waals surface area contributed by atoms with E-state index >= 15 is 0 Å². The number of amides is 2. The highest BCUT2D eigenvalue weighted by Crippen LogP contribution is 2.30. The number of para-hydroxylation sites is 1. The predicted octanol–water partition coefficient (Wildman–Crippen LogP) is 3.94. The number of anilines is 2. The Morgan fingerprint density at radius 2 is 1.94 bits per heavy atom. The fraction of sp³-hybridized carbons (Fsp3) is 0.0909. The van der Waals surface area contributed by atoms with Crippen LogP contribution in [0.15, 0.2) is 54.6 Å². The van der Waals surface area contributed by atoms with E-state index < -0.39 is 0 Å². The van der Waals surface area contributed by atoms with Gasteiger partial charge in [0.1, 0.15) is 16.6 Å². The number of benzene rings is 2. The lowest BCUT2D eigenvalue weighted by Crippen LogP contribution is -2.15. The molecule has 9 heteroatoms. The molecule has 4 rings (SSSR count). The number of nitrogens with zero attached hydrogens (tertiary/aromatic N) is 2. The largest absolute Gasteiger partial charge is 0.497 e. The number of H-pyrrole nitrogens is 1. The molecule has 0 saturated carbocycles. The van der Waals surface area contributed by atoms with Crippen LogP contribution in [-0.2, 0) is 11.2 Å². The Balaban J connectivity index is 1.47. The van der Waals surface area contributed by atoms with E-state index in [1.807, 2.05) is 18.2 Å². The maximum atomic E-state index is 12.6. The van der Waals surface area contributed by atoms with Gasteiger partial charge in [0.05, 0.1) is 35.0 Å². The Morgan fingerprint density at radius 1 is 1.16 bits per heavy atom. The minimum atomic E-state index is -0.340. The minimum Gasteiger partial charge on any atom is -0.497 e. The maximum Gasteiger partial charge on any atom is 0.265 e. The van der Waals surface area contributed by atoms with Gasteiger partial charge in [0.25, 0.3) is 5.91 Å². The zero-order chi connectivity index (χ0) is 21.8. The van der Waals surface area contributed by atoms with Crippen LogP contribution in [-0.4, -0.2) is 29.1 Å². The summed E-state index contributed by atoms with van der Waals surface area (Å²) in [4.78, 5) is 26.2. The summed E-state index contributed by atoms with van der Waals surface area (Å²) in [5, 5.41) is 22.3. The zero-order valence-electron chi connectivity index (χ0n) is 16.4. The zero-order valence-corrected chi connectivity index (χ0v) is 17.2. The molecule has 8 nitrogen and oxygen atoms in total. The highest BCUT2D eigenvalue weighted by Gasteiger charge is 2.17.